The molecule has 0 aliphatic carbocycles. The third-order valence-corrected chi connectivity index (χ3v) is 2.89. The van der Waals surface area contributed by atoms with Gasteiger partial charge < -0.3 is 5.43 Å². The number of hydrazine groups is 1. The Bertz CT molecular complexity index is 741. The van der Waals surface area contributed by atoms with Crippen molar-refractivity contribution in [3.63, 3.8) is 0 Å². The van der Waals surface area contributed by atoms with Crippen LogP contribution in [0.1, 0.15) is 6.92 Å². The van der Waals surface area contributed by atoms with Crippen molar-refractivity contribution in [1.29, 1.82) is 0 Å². The van der Waals surface area contributed by atoms with Gasteiger partial charge in [0, 0.05) is 29.4 Å². The minimum absolute atomic E-state index is 0.682. The predicted molar refractivity (Wildman–Crippen MR) is 81.4 cm³/mol. The van der Waals surface area contributed by atoms with E-state index >= 15 is 0 Å². The maximum absolute atomic E-state index is 4.19. The molecule has 0 amide bonds. The molecule has 2 heterocycles. The number of aliphatic imine (C=N–C) groups is 1. The largest absolute Gasteiger partial charge is 0.300 e. The van der Waals surface area contributed by atoms with Crippen LogP contribution in [0, 0.1) is 0 Å². The number of rotatable bonds is 4. The Morgan fingerprint density at radius 2 is 2.05 bits per heavy atom. The van der Waals surface area contributed by atoms with Gasteiger partial charge in [0.1, 0.15) is 5.69 Å². The minimum Gasteiger partial charge on any atom is -0.300 e. The van der Waals surface area contributed by atoms with Gasteiger partial charge in [-0.2, -0.15) is 5.10 Å². The normalized spacial score (nSPS) is 11.1. The fourth-order valence-corrected chi connectivity index (χ4v) is 1.96. The van der Waals surface area contributed by atoms with Crippen LogP contribution < -0.4 is 10.9 Å². The summed E-state index contributed by atoms with van der Waals surface area (Å²) in [7, 11) is 0. The van der Waals surface area contributed by atoms with Crippen LogP contribution >= 0.6 is 0 Å². The summed E-state index contributed by atoms with van der Waals surface area (Å²) in [5.41, 5.74) is 8.04. The van der Waals surface area contributed by atoms with Gasteiger partial charge in [-0.05, 0) is 19.1 Å². The van der Waals surface area contributed by atoms with Crippen LogP contribution in [-0.4, -0.2) is 21.4 Å². The Kier molecular flexibility index (Phi) is 3.28. The van der Waals surface area contributed by atoms with Gasteiger partial charge in [0.15, 0.2) is 5.82 Å². The van der Waals surface area contributed by atoms with Gasteiger partial charge in [-0.3, -0.25) is 15.5 Å². The highest BCUT2D eigenvalue weighted by atomic mass is 15.4. The molecule has 100 valence electrons. The summed E-state index contributed by atoms with van der Waals surface area (Å²) in [6.07, 6.45) is 7.01. The lowest BCUT2D eigenvalue weighted by Crippen LogP contribution is -2.08. The van der Waals surface area contributed by atoms with Gasteiger partial charge in [-0.25, -0.2) is 4.99 Å². The van der Waals surface area contributed by atoms with E-state index in [4.69, 9.17) is 0 Å². The monoisotopic (exact) mass is 266 g/mol. The smallest absolute Gasteiger partial charge is 0.173 e. The highest BCUT2D eigenvalue weighted by Crippen LogP contribution is 2.24. The number of benzene rings is 1. The van der Waals surface area contributed by atoms with Crippen molar-refractivity contribution in [2.75, 3.05) is 10.9 Å². The van der Waals surface area contributed by atoms with Crippen LogP contribution in [0.4, 0.5) is 17.2 Å². The van der Waals surface area contributed by atoms with E-state index in [1.165, 1.54) is 0 Å². The number of pyridine rings is 1. The SMILES string of the molecule is CC=Nc1[nH]ncc1NNc1cccc2cnccc12. The predicted octanol–water partition coefficient (Wildman–Crippen LogP) is 3.12. The van der Waals surface area contributed by atoms with E-state index in [0.29, 0.717) is 5.82 Å². The molecule has 0 aliphatic heterocycles. The topological polar surface area (TPSA) is 78.0 Å². The van der Waals surface area contributed by atoms with Crippen molar-refractivity contribution < 1.29 is 0 Å². The maximum atomic E-state index is 4.19. The number of hydrogen-bond acceptors (Lipinski definition) is 5. The molecule has 0 saturated heterocycles. The van der Waals surface area contributed by atoms with Crippen LogP contribution in [0.25, 0.3) is 10.8 Å². The fraction of sp³-hybridized carbons (Fsp3) is 0.0714. The van der Waals surface area contributed by atoms with Gasteiger partial charge in [0.05, 0.1) is 11.9 Å². The van der Waals surface area contributed by atoms with Gasteiger partial charge in [-0.15, -0.1) is 0 Å². The number of nitrogens with zero attached hydrogens (tertiary/aromatic N) is 3. The number of aromatic amines is 1. The van der Waals surface area contributed by atoms with Gasteiger partial charge in [0.2, 0.25) is 0 Å². The van der Waals surface area contributed by atoms with E-state index in [0.717, 1.165) is 22.1 Å². The quantitative estimate of drug-likeness (QED) is 0.501. The third-order valence-electron chi connectivity index (χ3n) is 2.89. The first-order valence-corrected chi connectivity index (χ1v) is 6.25. The van der Waals surface area contributed by atoms with E-state index in [-0.39, 0.29) is 0 Å². The zero-order valence-corrected chi connectivity index (χ0v) is 11.0. The van der Waals surface area contributed by atoms with Crippen molar-refractivity contribution in [3.05, 3.63) is 42.9 Å². The molecule has 0 fully saturated rings. The van der Waals surface area contributed by atoms with E-state index in [9.17, 15) is 0 Å². The van der Waals surface area contributed by atoms with Crippen molar-refractivity contribution >= 4 is 34.2 Å². The average Bonchev–Trinajstić information content (AvgIpc) is 2.93. The minimum atomic E-state index is 0.682. The first kappa shape index (κ1) is 12.2. The zero-order chi connectivity index (χ0) is 13.8. The summed E-state index contributed by atoms with van der Waals surface area (Å²) < 4.78 is 0. The summed E-state index contributed by atoms with van der Waals surface area (Å²) in [5, 5.41) is 8.96. The van der Waals surface area contributed by atoms with E-state index in [1.807, 2.05) is 37.4 Å². The molecule has 20 heavy (non-hydrogen) atoms. The van der Waals surface area contributed by atoms with Gasteiger partial charge in [-0.1, -0.05) is 12.1 Å². The third kappa shape index (κ3) is 2.31. The molecule has 2 aromatic heterocycles. The average molecular weight is 266 g/mol. The van der Waals surface area contributed by atoms with Crippen molar-refractivity contribution in [2.24, 2.45) is 4.99 Å². The summed E-state index contributed by atoms with van der Waals surface area (Å²) in [4.78, 5) is 8.31. The zero-order valence-electron chi connectivity index (χ0n) is 11.0. The number of aromatic nitrogens is 3. The van der Waals surface area contributed by atoms with Crippen molar-refractivity contribution in [1.82, 2.24) is 15.2 Å². The second-order valence-electron chi connectivity index (χ2n) is 4.17. The highest BCUT2D eigenvalue weighted by molar-refractivity contribution is 5.93. The lowest BCUT2D eigenvalue weighted by molar-refractivity contribution is 1.08. The fourth-order valence-electron chi connectivity index (χ4n) is 1.96. The Morgan fingerprint density at radius 1 is 1.15 bits per heavy atom. The molecule has 3 rings (SSSR count). The molecular formula is C14H14N6. The van der Waals surface area contributed by atoms with Crippen LogP contribution in [0.15, 0.2) is 47.8 Å². The van der Waals surface area contributed by atoms with Gasteiger partial charge in [0.25, 0.3) is 0 Å². The van der Waals surface area contributed by atoms with Crippen LogP contribution in [-0.2, 0) is 0 Å². The Morgan fingerprint density at radius 3 is 2.95 bits per heavy atom. The number of fused-ring (bicyclic) bond motifs is 1. The summed E-state index contributed by atoms with van der Waals surface area (Å²) in [5.74, 6) is 0.682. The molecular weight excluding hydrogens is 252 g/mol. The lowest BCUT2D eigenvalue weighted by Gasteiger charge is -2.10. The van der Waals surface area contributed by atoms with Crippen LogP contribution in [0.5, 0.6) is 0 Å². The second-order valence-corrected chi connectivity index (χ2v) is 4.17. The van der Waals surface area contributed by atoms with Gasteiger partial charge >= 0.3 is 0 Å². The van der Waals surface area contributed by atoms with E-state index < -0.39 is 0 Å². The molecule has 6 nitrogen and oxygen atoms in total. The van der Waals surface area contributed by atoms with Crippen LogP contribution in [0.2, 0.25) is 0 Å². The standard InChI is InChI=1S/C14H14N6/c1-2-16-14-13(9-17-20-14)19-18-12-5-3-4-10-8-15-7-6-11(10)12/h2-9,18-19H,1H3,(H,17,20). The molecule has 0 saturated carbocycles. The number of hydrogen-bond donors (Lipinski definition) is 3. The maximum Gasteiger partial charge on any atom is 0.173 e. The molecule has 0 bridgehead atoms. The number of anilines is 2. The van der Waals surface area contributed by atoms with Crippen molar-refractivity contribution in [3.8, 4) is 0 Å². The molecule has 0 radical (unpaired) electrons. The van der Waals surface area contributed by atoms with E-state index in [1.54, 1.807) is 18.6 Å². The molecule has 0 unspecified atom stereocenters. The van der Waals surface area contributed by atoms with Crippen molar-refractivity contribution in [2.45, 2.75) is 6.92 Å². The first-order chi connectivity index (χ1) is 9.88. The summed E-state index contributed by atoms with van der Waals surface area (Å²) in [6, 6.07) is 7.98. The molecule has 0 aliphatic rings. The first-order valence-electron chi connectivity index (χ1n) is 6.25. The highest BCUT2D eigenvalue weighted by Gasteiger charge is 2.04. The lowest BCUT2D eigenvalue weighted by atomic mass is 10.1. The molecule has 6 heteroatoms. The number of nitrogens with one attached hydrogen (secondary N) is 3. The molecule has 1 aromatic carbocycles. The Labute approximate surface area is 115 Å². The summed E-state index contributed by atoms with van der Waals surface area (Å²) >= 11 is 0. The Hall–Kier alpha value is -2.89. The molecule has 0 atom stereocenters. The molecule has 3 N–H and O–H groups in total. The second kappa shape index (κ2) is 5.40. The van der Waals surface area contributed by atoms with Crippen LogP contribution in [0.3, 0.4) is 0 Å². The number of H-pyrrole nitrogens is 1. The molecule has 3 aromatic rings. The summed E-state index contributed by atoms with van der Waals surface area (Å²) in [6.45, 7) is 1.86. The Balaban J connectivity index is 1.85. The molecule has 0 spiro atoms. The van der Waals surface area contributed by atoms with E-state index in [2.05, 4.69) is 31.0 Å².